The van der Waals surface area contributed by atoms with E-state index in [1.165, 1.54) is 36.4 Å². The van der Waals surface area contributed by atoms with E-state index in [-0.39, 0.29) is 17.0 Å². The van der Waals surface area contributed by atoms with Gasteiger partial charge in [0.15, 0.2) is 12.6 Å². The highest BCUT2D eigenvalue weighted by atomic mass is 19.4. The number of carbonyl (C=O) groups is 2. The molecule has 4 aromatic rings. The summed E-state index contributed by atoms with van der Waals surface area (Å²) in [7, 11) is 0. The average Bonchev–Trinajstić information content (AvgIpc) is 3.34. The number of rotatable bonds is 4. The topological polar surface area (TPSA) is 73.1 Å². The van der Waals surface area contributed by atoms with Gasteiger partial charge in [0, 0.05) is 11.1 Å². The van der Waals surface area contributed by atoms with Crippen molar-refractivity contribution in [3.05, 3.63) is 96.2 Å². The van der Waals surface area contributed by atoms with E-state index in [1.807, 2.05) is 6.07 Å². The molecule has 0 saturated heterocycles. The summed E-state index contributed by atoms with van der Waals surface area (Å²) in [5, 5.41) is 0. The molecule has 0 bridgehead atoms. The normalized spacial score (nSPS) is 10.7. The molecule has 8 heteroatoms. The van der Waals surface area contributed by atoms with Gasteiger partial charge in [-0.1, -0.05) is 30.3 Å². The van der Waals surface area contributed by atoms with Gasteiger partial charge in [0.1, 0.15) is 11.4 Å². The first-order chi connectivity index (χ1) is 14.9. The SMILES string of the molecule is O=Cc1cccc(-c2ccccc2C(F)(F)F)n1.O=Cc1cccc(-c2ccoc2)n1. The van der Waals surface area contributed by atoms with Crippen molar-refractivity contribution < 1.29 is 27.2 Å². The smallest absolute Gasteiger partial charge is 0.417 e. The van der Waals surface area contributed by atoms with Crippen LogP contribution in [-0.2, 0) is 6.18 Å². The molecule has 0 unspecified atom stereocenters. The van der Waals surface area contributed by atoms with Crippen LogP contribution >= 0.6 is 0 Å². The highest BCUT2D eigenvalue weighted by Gasteiger charge is 2.33. The van der Waals surface area contributed by atoms with E-state index >= 15 is 0 Å². The van der Waals surface area contributed by atoms with Gasteiger partial charge in [0.25, 0.3) is 0 Å². The number of hydrogen-bond acceptors (Lipinski definition) is 5. The van der Waals surface area contributed by atoms with Crippen molar-refractivity contribution in [2.75, 3.05) is 0 Å². The number of hydrogen-bond donors (Lipinski definition) is 0. The quantitative estimate of drug-likeness (QED) is 0.391. The molecule has 0 amide bonds. The van der Waals surface area contributed by atoms with Gasteiger partial charge >= 0.3 is 6.18 Å². The van der Waals surface area contributed by atoms with E-state index in [2.05, 4.69) is 9.97 Å². The molecule has 31 heavy (non-hydrogen) atoms. The third kappa shape index (κ3) is 5.51. The standard InChI is InChI=1S/C13H8F3NO.C10H7NO2/c14-13(15,16)11-6-2-1-5-10(11)12-7-3-4-9(8-18)17-12;12-6-9-2-1-3-10(11-9)8-4-5-13-7-8/h1-8H;1-7H. The Morgan fingerprint density at radius 2 is 1.35 bits per heavy atom. The molecule has 4 rings (SSSR count). The first-order valence-corrected chi connectivity index (χ1v) is 8.96. The summed E-state index contributed by atoms with van der Waals surface area (Å²) < 4.78 is 43.4. The minimum absolute atomic E-state index is 0.0336. The second kappa shape index (κ2) is 9.62. The van der Waals surface area contributed by atoms with Gasteiger partial charge in [-0.15, -0.1) is 0 Å². The molecule has 0 spiro atoms. The Morgan fingerprint density at radius 3 is 1.94 bits per heavy atom. The van der Waals surface area contributed by atoms with Crippen LogP contribution in [0.25, 0.3) is 22.5 Å². The van der Waals surface area contributed by atoms with Gasteiger partial charge in [0.05, 0.1) is 29.5 Å². The summed E-state index contributed by atoms with van der Waals surface area (Å²) in [4.78, 5) is 29.0. The molecule has 0 aliphatic carbocycles. The van der Waals surface area contributed by atoms with Crippen LogP contribution in [0.4, 0.5) is 13.2 Å². The van der Waals surface area contributed by atoms with E-state index < -0.39 is 11.7 Å². The van der Waals surface area contributed by atoms with Gasteiger partial charge in [0.2, 0.25) is 0 Å². The maximum absolute atomic E-state index is 12.8. The number of aromatic nitrogens is 2. The van der Waals surface area contributed by atoms with E-state index in [0.717, 1.165) is 23.6 Å². The van der Waals surface area contributed by atoms with Crippen molar-refractivity contribution in [2.24, 2.45) is 0 Å². The van der Waals surface area contributed by atoms with Crippen molar-refractivity contribution in [3.63, 3.8) is 0 Å². The van der Waals surface area contributed by atoms with Gasteiger partial charge in [-0.05, 0) is 36.4 Å². The minimum Gasteiger partial charge on any atom is -0.472 e. The Kier molecular flexibility index (Phi) is 6.71. The molecule has 0 fully saturated rings. The first-order valence-electron chi connectivity index (χ1n) is 8.96. The Labute approximate surface area is 175 Å². The summed E-state index contributed by atoms with van der Waals surface area (Å²) in [6.45, 7) is 0. The lowest BCUT2D eigenvalue weighted by molar-refractivity contribution is -0.137. The van der Waals surface area contributed by atoms with Crippen LogP contribution in [0.2, 0.25) is 0 Å². The molecule has 3 heterocycles. The van der Waals surface area contributed by atoms with Crippen LogP contribution in [0, 0.1) is 0 Å². The number of aldehydes is 2. The first kappa shape index (κ1) is 21.6. The molecule has 5 nitrogen and oxygen atoms in total. The summed E-state index contributed by atoms with van der Waals surface area (Å²) in [5.74, 6) is 0. The number of pyridine rings is 2. The Hall–Kier alpha value is -4.07. The summed E-state index contributed by atoms with van der Waals surface area (Å²) in [6.07, 6.45) is -0.0553. The fourth-order valence-corrected chi connectivity index (χ4v) is 2.71. The van der Waals surface area contributed by atoms with E-state index in [9.17, 15) is 22.8 Å². The Bertz CT molecular complexity index is 1170. The molecule has 0 radical (unpaired) electrons. The van der Waals surface area contributed by atoms with Crippen LogP contribution in [0.1, 0.15) is 26.5 Å². The van der Waals surface area contributed by atoms with Crippen molar-refractivity contribution >= 4 is 12.6 Å². The van der Waals surface area contributed by atoms with Crippen molar-refractivity contribution in [2.45, 2.75) is 6.18 Å². The molecule has 1 aromatic carbocycles. The predicted molar refractivity (Wildman–Crippen MR) is 107 cm³/mol. The van der Waals surface area contributed by atoms with Crippen LogP contribution < -0.4 is 0 Å². The van der Waals surface area contributed by atoms with Crippen LogP contribution in [0.15, 0.2) is 83.7 Å². The molecule has 0 N–H and O–H groups in total. The predicted octanol–water partition coefficient (Wildman–Crippen LogP) is 5.73. The minimum atomic E-state index is -4.45. The van der Waals surface area contributed by atoms with Crippen LogP contribution in [0.5, 0.6) is 0 Å². The fraction of sp³-hybridized carbons (Fsp3) is 0.0435. The van der Waals surface area contributed by atoms with Crippen LogP contribution in [-0.4, -0.2) is 22.5 Å². The second-order valence-electron chi connectivity index (χ2n) is 6.19. The van der Waals surface area contributed by atoms with Crippen molar-refractivity contribution in [1.29, 1.82) is 0 Å². The van der Waals surface area contributed by atoms with E-state index in [0.29, 0.717) is 12.0 Å². The zero-order valence-electron chi connectivity index (χ0n) is 15.9. The van der Waals surface area contributed by atoms with Crippen molar-refractivity contribution in [1.82, 2.24) is 9.97 Å². The van der Waals surface area contributed by atoms with E-state index in [4.69, 9.17) is 4.42 Å². The molecular formula is C23H15F3N2O3. The highest BCUT2D eigenvalue weighted by Crippen LogP contribution is 2.36. The molecule has 0 saturated carbocycles. The third-order valence-electron chi connectivity index (χ3n) is 4.11. The number of carbonyl (C=O) groups excluding carboxylic acids is 2. The summed E-state index contributed by atoms with van der Waals surface area (Å²) in [5.41, 5.74) is 1.49. The Balaban J connectivity index is 0.000000185. The number of nitrogens with zero attached hydrogens (tertiary/aromatic N) is 2. The largest absolute Gasteiger partial charge is 0.472 e. The monoisotopic (exact) mass is 424 g/mol. The fourth-order valence-electron chi connectivity index (χ4n) is 2.71. The second-order valence-corrected chi connectivity index (χ2v) is 6.19. The number of alkyl halides is 3. The lowest BCUT2D eigenvalue weighted by Crippen LogP contribution is -2.07. The van der Waals surface area contributed by atoms with Crippen LogP contribution in [0.3, 0.4) is 0 Å². The van der Waals surface area contributed by atoms with Crippen molar-refractivity contribution in [3.8, 4) is 22.5 Å². The zero-order chi connectivity index (χ0) is 22.3. The van der Waals surface area contributed by atoms with Gasteiger partial charge in [-0.2, -0.15) is 13.2 Å². The van der Waals surface area contributed by atoms with E-state index in [1.54, 1.807) is 30.7 Å². The maximum atomic E-state index is 12.8. The highest BCUT2D eigenvalue weighted by molar-refractivity contribution is 5.75. The molecular weight excluding hydrogens is 409 g/mol. The van der Waals surface area contributed by atoms with Gasteiger partial charge in [-0.25, -0.2) is 9.97 Å². The Morgan fingerprint density at radius 1 is 0.742 bits per heavy atom. The average molecular weight is 424 g/mol. The molecule has 156 valence electrons. The number of furan rings is 1. The zero-order valence-corrected chi connectivity index (χ0v) is 15.9. The lowest BCUT2D eigenvalue weighted by Gasteiger charge is -2.12. The lowest BCUT2D eigenvalue weighted by atomic mass is 10.0. The molecule has 3 aromatic heterocycles. The molecule has 0 aliphatic rings. The summed E-state index contributed by atoms with van der Waals surface area (Å²) >= 11 is 0. The summed E-state index contributed by atoms with van der Waals surface area (Å²) in [6, 6.07) is 16.6. The molecule has 0 aliphatic heterocycles. The number of benzene rings is 1. The van der Waals surface area contributed by atoms with Gasteiger partial charge < -0.3 is 4.42 Å². The third-order valence-corrected chi connectivity index (χ3v) is 4.11. The molecule has 0 atom stereocenters. The maximum Gasteiger partial charge on any atom is 0.417 e. The number of halogens is 3. The van der Waals surface area contributed by atoms with Gasteiger partial charge in [-0.3, -0.25) is 9.59 Å².